The fourth-order valence-electron chi connectivity index (χ4n) is 1.52. The number of aromatic nitrogens is 3. The second kappa shape index (κ2) is 4.30. The Kier molecular flexibility index (Phi) is 2.85. The molecule has 1 heterocycles. The van der Waals surface area contributed by atoms with Crippen LogP contribution in [0.1, 0.15) is 11.4 Å². The first-order valence-electron chi connectivity index (χ1n) is 5.01. The minimum Gasteiger partial charge on any atom is -0.357 e. The molecule has 1 N–H and O–H groups in total. The highest BCUT2D eigenvalue weighted by Crippen LogP contribution is 2.10. The number of anilines is 1. The topological polar surface area (TPSA) is 42.7 Å². The lowest BCUT2D eigenvalue weighted by Gasteiger charge is -2.03. The highest BCUT2D eigenvalue weighted by atomic mass is 19.1. The van der Waals surface area contributed by atoms with Gasteiger partial charge in [-0.15, -0.1) is 10.2 Å². The van der Waals surface area contributed by atoms with E-state index in [9.17, 15) is 4.39 Å². The predicted molar refractivity (Wildman–Crippen MR) is 59.8 cm³/mol. The van der Waals surface area contributed by atoms with Crippen molar-refractivity contribution in [2.75, 3.05) is 12.4 Å². The molecule has 0 aliphatic rings. The summed E-state index contributed by atoms with van der Waals surface area (Å²) in [6.45, 7) is 0. The molecule has 1 aromatic heterocycles. The molecule has 1 aromatic carbocycles. The van der Waals surface area contributed by atoms with Gasteiger partial charge in [-0.25, -0.2) is 4.39 Å². The van der Waals surface area contributed by atoms with Gasteiger partial charge in [0.15, 0.2) is 0 Å². The summed E-state index contributed by atoms with van der Waals surface area (Å²) in [5.41, 5.74) is 1.01. The second-order valence-electron chi connectivity index (χ2n) is 3.55. The summed E-state index contributed by atoms with van der Waals surface area (Å²) < 4.78 is 14.6. The average Bonchev–Trinajstić information content (AvgIpc) is 2.63. The molecular weight excluding hydrogens is 207 g/mol. The third kappa shape index (κ3) is 2.03. The molecule has 0 atom stereocenters. The number of hydrogen-bond acceptors (Lipinski definition) is 3. The fraction of sp³-hybridized carbons (Fsp3) is 0.273. The van der Waals surface area contributed by atoms with Gasteiger partial charge in [-0.3, -0.25) is 0 Å². The molecule has 2 aromatic rings. The van der Waals surface area contributed by atoms with Gasteiger partial charge >= 0.3 is 0 Å². The van der Waals surface area contributed by atoms with Crippen LogP contribution in [0.5, 0.6) is 0 Å². The van der Waals surface area contributed by atoms with Crippen molar-refractivity contribution in [2.45, 2.75) is 6.42 Å². The van der Waals surface area contributed by atoms with E-state index in [4.69, 9.17) is 0 Å². The van der Waals surface area contributed by atoms with Crippen molar-refractivity contribution in [1.82, 2.24) is 14.8 Å². The van der Waals surface area contributed by atoms with Crippen LogP contribution in [0.2, 0.25) is 0 Å². The van der Waals surface area contributed by atoms with Gasteiger partial charge < -0.3 is 9.88 Å². The minimum atomic E-state index is -0.224. The van der Waals surface area contributed by atoms with E-state index >= 15 is 0 Å². The first-order valence-corrected chi connectivity index (χ1v) is 5.01. The van der Waals surface area contributed by atoms with Gasteiger partial charge in [0.2, 0.25) is 5.95 Å². The van der Waals surface area contributed by atoms with Crippen LogP contribution in [-0.4, -0.2) is 21.8 Å². The molecule has 2 rings (SSSR count). The lowest BCUT2D eigenvalue weighted by atomic mass is 10.1. The van der Waals surface area contributed by atoms with Crippen LogP contribution in [0.25, 0.3) is 0 Å². The summed E-state index contributed by atoms with van der Waals surface area (Å²) in [6.07, 6.45) is 0.644. The van der Waals surface area contributed by atoms with Crippen LogP contribution in [0, 0.1) is 5.82 Å². The molecule has 0 spiro atoms. The Morgan fingerprint density at radius 3 is 2.50 bits per heavy atom. The summed E-state index contributed by atoms with van der Waals surface area (Å²) in [6, 6.07) is 6.40. The van der Waals surface area contributed by atoms with E-state index in [-0.39, 0.29) is 5.82 Å². The summed E-state index contributed by atoms with van der Waals surface area (Å²) in [4.78, 5) is 0. The number of nitrogens with one attached hydrogen (secondary N) is 1. The number of benzene rings is 1. The van der Waals surface area contributed by atoms with Gasteiger partial charge in [0.1, 0.15) is 11.6 Å². The highest BCUT2D eigenvalue weighted by Gasteiger charge is 2.07. The van der Waals surface area contributed by atoms with Crippen LogP contribution < -0.4 is 5.32 Å². The van der Waals surface area contributed by atoms with E-state index in [0.29, 0.717) is 6.42 Å². The quantitative estimate of drug-likeness (QED) is 0.854. The largest absolute Gasteiger partial charge is 0.357 e. The van der Waals surface area contributed by atoms with Gasteiger partial charge in [0.05, 0.1) is 0 Å². The zero-order valence-corrected chi connectivity index (χ0v) is 9.24. The molecule has 5 heteroatoms. The number of rotatable bonds is 3. The van der Waals surface area contributed by atoms with Crippen molar-refractivity contribution in [2.24, 2.45) is 7.05 Å². The minimum absolute atomic E-state index is 0.224. The van der Waals surface area contributed by atoms with Crippen LogP contribution >= 0.6 is 0 Å². The van der Waals surface area contributed by atoms with Gasteiger partial charge in [0, 0.05) is 20.5 Å². The van der Waals surface area contributed by atoms with Crippen molar-refractivity contribution in [3.8, 4) is 0 Å². The predicted octanol–water partition coefficient (Wildman–Crippen LogP) is 1.59. The van der Waals surface area contributed by atoms with Crippen molar-refractivity contribution in [1.29, 1.82) is 0 Å². The summed E-state index contributed by atoms with van der Waals surface area (Å²) in [7, 11) is 3.69. The molecule has 0 amide bonds. The number of hydrogen-bond donors (Lipinski definition) is 1. The molecule has 0 saturated heterocycles. The maximum atomic E-state index is 12.7. The Hall–Kier alpha value is -1.91. The molecule has 84 valence electrons. The lowest BCUT2D eigenvalue weighted by Crippen LogP contribution is -2.03. The Balaban J connectivity index is 2.20. The maximum Gasteiger partial charge on any atom is 0.224 e. The molecule has 0 aliphatic carbocycles. The standard InChI is InChI=1S/C11H13FN4/c1-13-11-15-14-10(16(11)2)7-8-3-5-9(12)6-4-8/h3-6H,7H2,1-2H3,(H,13,15). The normalized spacial score (nSPS) is 10.4. The Labute approximate surface area is 93.1 Å². The third-order valence-corrected chi connectivity index (χ3v) is 2.46. The molecular formula is C11H13FN4. The first-order chi connectivity index (χ1) is 7.70. The van der Waals surface area contributed by atoms with Crippen molar-refractivity contribution < 1.29 is 4.39 Å². The van der Waals surface area contributed by atoms with E-state index < -0.39 is 0 Å². The van der Waals surface area contributed by atoms with Crippen LogP contribution in [0.15, 0.2) is 24.3 Å². The summed E-state index contributed by atoms with van der Waals surface area (Å²) >= 11 is 0. The Morgan fingerprint density at radius 1 is 1.25 bits per heavy atom. The fourth-order valence-corrected chi connectivity index (χ4v) is 1.52. The zero-order valence-electron chi connectivity index (χ0n) is 9.24. The van der Waals surface area contributed by atoms with Gasteiger partial charge in [0.25, 0.3) is 0 Å². The second-order valence-corrected chi connectivity index (χ2v) is 3.55. The van der Waals surface area contributed by atoms with E-state index in [1.165, 1.54) is 12.1 Å². The van der Waals surface area contributed by atoms with E-state index in [1.807, 2.05) is 11.6 Å². The summed E-state index contributed by atoms with van der Waals surface area (Å²) in [5.74, 6) is 1.34. The number of nitrogens with zero attached hydrogens (tertiary/aromatic N) is 3. The molecule has 16 heavy (non-hydrogen) atoms. The van der Waals surface area contributed by atoms with Gasteiger partial charge in [-0.05, 0) is 17.7 Å². The number of halogens is 1. The van der Waals surface area contributed by atoms with Gasteiger partial charge in [-0.1, -0.05) is 12.1 Å². The Bertz CT molecular complexity index is 475. The SMILES string of the molecule is CNc1nnc(Cc2ccc(F)cc2)n1C. The smallest absolute Gasteiger partial charge is 0.224 e. The molecule has 0 unspecified atom stereocenters. The monoisotopic (exact) mass is 220 g/mol. The molecule has 0 radical (unpaired) electrons. The maximum absolute atomic E-state index is 12.7. The third-order valence-electron chi connectivity index (χ3n) is 2.46. The van der Waals surface area contributed by atoms with Crippen molar-refractivity contribution in [3.05, 3.63) is 41.5 Å². The summed E-state index contributed by atoms with van der Waals surface area (Å²) in [5, 5.41) is 11.0. The molecule has 0 saturated carbocycles. The van der Waals surface area contributed by atoms with Crippen molar-refractivity contribution in [3.63, 3.8) is 0 Å². The molecule has 0 aliphatic heterocycles. The van der Waals surface area contributed by atoms with E-state index in [0.717, 1.165) is 17.3 Å². The lowest BCUT2D eigenvalue weighted by molar-refractivity contribution is 0.627. The van der Waals surface area contributed by atoms with Crippen LogP contribution in [0.4, 0.5) is 10.3 Å². The van der Waals surface area contributed by atoms with E-state index in [1.54, 1.807) is 19.2 Å². The highest BCUT2D eigenvalue weighted by molar-refractivity contribution is 5.27. The van der Waals surface area contributed by atoms with Gasteiger partial charge in [-0.2, -0.15) is 0 Å². The molecule has 0 fully saturated rings. The van der Waals surface area contributed by atoms with E-state index in [2.05, 4.69) is 15.5 Å². The first kappa shape index (κ1) is 10.6. The zero-order chi connectivity index (χ0) is 11.5. The van der Waals surface area contributed by atoms with Crippen molar-refractivity contribution >= 4 is 5.95 Å². The molecule has 4 nitrogen and oxygen atoms in total. The van der Waals surface area contributed by atoms with Crippen LogP contribution in [-0.2, 0) is 13.5 Å². The Morgan fingerprint density at radius 2 is 1.94 bits per heavy atom. The molecule has 0 bridgehead atoms. The average molecular weight is 220 g/mol. The van der Waals surface area contributed by atoms with Crippen LogP contribution in [0.3, 0.4) is 0 Å².